The first kappa shape index (κ1) is 11.5. The number of nitrogens with two attached hydrogens (primary N) is 1. The molecule has 88 valence electrons. The second kappa shape index (κ2) is 4.47. The Balaban J connectivity index is 2.21. The van der Waals surface area contributed by atoms with E-state index < -0.39 is 0 Å². The largest absolute Gasteiger partial charge is 0.370 e. The van der Waals surface area contributed by atoms with Crippen LogP contribution in [0.2, 0.25) is 0 Å². The van der Waals surface area contributed by atoms with Gasteiger partial charge in [-0.05, 0) is 32.3 Å². The third-order valence-corrected chi connectivity index (χ3v) is 3.20. The molecule has 1 heterocycles. The molecular weight excluding hydrogens is 202 g/mol. The van der Waals surface area contributed by atoms with Crippen LogP contribution in [0.4, 0.5) is 0 Å². The van der Waals surface area contributed by atoms with Crippen molar-refractivity contribution < 1.29 is 4.74 Å². The minimum atomic E-state index is -0.228. The smallest absolute Gasteiger partial charge is 0.160 e. The third kappa shape index (κ3) is 2.08. The molecule has 1 aromatic rings. The predicted molar refractivity (Wildman–Crippen MR) is 61.9 cm³/mol. The van der Waals surface area contributed by atoms with Crippen LogP contribution in [-0.4, -0.2) is 23.1 Å². The lowest BCUT2D eigenvalue weighted by Gasteiger charge is -2.38. The number of nitrogens with zero attached hydrogens (tertiary/aromatic N) is 2. The lowest BCUT2D eigenvalue weighted by Crippen LogP contribution is -2.38. The standard InChI is InChI=1S/C12H19N3O/c1-9(13)8-10-4-7-14-11(15-10)12(16-2)5-3-6-12/h4,7,9H,3,5-6,8,13H2,1-2H3. The van der Waals surface area contributed by atoms with Gasteiger partial charge in [0.25, 0.3) is 0 Å². The number of methoxy groups -OCH3 is 1. The van der Waals surface area contributed by atoms with Crippen LogP contribution in [0.15, 0.2) is 12.3 Å². The van der Waals surface area contributed by atoms with E-state index in [1.807, 2.05) is 13.0 Å². The fraction of sp³-hybridized carbons (Fsp3) is 0.667. The third-order valence-electron chi connectivity index (χ3n) is 3.20. The van der Waals surface area contributed by atoms with Crippen LogP contribution in [-0.2, 0) is 16.8 Å². The SMILES string of the molecule is COC1(c2nccc(CC(C)N)n2)CCC1. The second-order valence-corrected chi connectivity index (χ2v) is 4.60. The van der Waals surface area contributed by atoms with Gasteiger partial charge >= 0.3 is 0 Å². The second-order valence-electron chi connectivity index (χ2n) is 4.60. The molecule has 1 aliphatic rings. The van der Waals surface area contributed by atoms with E-state index in [0.717, 1.165) is 30.8 Å². The number of hydrogen-bond acceptors (Lipinski definition) is 4. The molecule has 1 aliphatic carbocycles. The Morgan fingerprint density at radius 3 is 2.81 bits per heavy atom. The Kier molecular flexibility index (Phi) is 3.21. The Labute approximate surface area is 96.2 Å². The van der Waals surface area contributed by atoms with Gasteiger partial charge in [0, 0.05) is 31.5 Å². The van der Waals surface area contributed by atoms with Crippen LogP contribution in [0.5, 0.6) is 0 Å². The highest BCUT2D eigenvalue weighted by atomic mass is 16.5. The molecule has 1 fully saturated rings. The van der Waals surface area contributed by atoms with E-state index in [9.17, 15) is 0 Å². The van der Waals surface area contributed by atoms with Crippen molar-refractivity contribution in [2.24, 2.45) is 5.73 Å². The topological polar surface area (TPSA) is 61.0 Å². The van der Waals surface area contributed by atoms with Crippen molar-refractivity contribution in [2.45, 2.75) is 44.2 Å². The maximum atomic E-state index is 5.77. The Hall–Kier alpha value is -1.00. The van der Waals surface area contributed by atoms with Crippen molar-refractivity contribution in [3.63, 3.8) is 0 Å². The first-order valence-electron chi connectivity index (χ1n) is 5.79. The molecule has 1 atom stereocenters. The quantitative estimate of drug-likeness (QED) is 0.834. The summed E-state index contributed by atoms with van der Waals surface area (Å²) in [5, 5.41) is 0. The molecule has 0 aromatic carbocycles. The highest BCUT2D eigenvalue weighted by Crippen LogP contribution is 2.42. The molecular formula is C12H19N3O. The monoisotopic (exact) mass is 221 g/mol. The highest BCUT2D eigenvalue weighted by molar-refractivity contribution is 5.12. The molecule has 2 rings (SSSR count). The van der Waals surface area contributed by atoms with E-state index in [2.05, 4.69) is 9.97 Å². The molecule has 2 N–H and O–H groups in total. The fourth-order valence-electron chi connectivity index (χ4n) is 2.08. The summed E-state index contributed by atoms with van der Waals surface area (Å²) in [6, 6.07) is 2.05. The van der Waals surface area contributed by atoms with E-state index in [4.69, 9.17) is 10.5 Å². The van der Waals surface area contributed by atoms with E-state index in [1.54, 1.807) is 13.3 Å². The zero-order chi connectivity index (χ0) is 11.6. The summed E-state index contributed by atoms with van der Waals surface area (Å²) in [4.78, 5) is 8.90. The number of rotatable bonds is 4. The van der Waals surface area contributed by atoms with Crippen molar-refractivity contribution >= 4 is 0 Å². The van der Waals surface area contributed by atoms with Crippen LogP contribution < -0.4 is 5.73 Å². The number of ether oxygens (including phenoxy) is 1. The predicted octanol–water partition coefficient (Wildman–Crippen LogP) is 1.39. The molecule has 0 spiro atoms. The van der Waals surface area contributed by atoms with E-state index in [-0.39, 0.29) is 11.6 Å². The summed E-state index contributed by atoms with van der Waals surface area (Å²) >= 11 is 0. The average molecular weight is 221 g/mol. The van der Waals surface area contributed by atoms with Gasteiger partial charge in [0.05, 0.1) is 0 Å². The van der Waals surface area contributed by atoms with Crippen LogP contribution in [0, 0.1) is 0 Å². The van der Waals surface area contributed by atoms with Crippen LogP contribution in [0.25, 0.3) is 0 Å². The lowest BCUT2D eigenvalue weighted by atomic mass is 9.79. The first-order valence-corrected chi connectivity index (χ1v) is 5.79. The lowest BCUT2D eigenvalue weighted by molar-refractivity contribution is -0.0848. The number of aromatic nitrogens is 2. The molecule has 1 saturated carbocycles. The summed E-state index contributed by atoms with van der Waals surface area (Å²) in [5.41, 5.74) is 6.55. The normalized spacial score (nSPS) is 20.2. The molecule has 4 heteroatoms. The van der Waals surface area contributed by atoms with E-state index >= 15 is 0 Å². The van der Waals surface area contributed by atoms with Crippen molar-refractivity contribution in [1.29, 1.82) is 0 Å². The minimum Gasteiger partial charge on any atom is -0.370 e. The van der Waals surface area contributed by atoms with Gasteiger partial charge in [-0.15, -0.1) is 0 Å². The van der Waals surface area contributed by atoms with E-state index in [0.29, 0.717) is 0 Å². The van der Waals surface area contributed by atoms with E-state index in [1.165, 1.54) is 6.42 Å². The highest BCUT2D eigenvalue weighted by Gasteiger charge is 2.41. The molecule has 1 aromatic heterocycles. The van der Waals surface area contributed by atoms with Gasteiger partial charge in [-0.25, -0.2) is 9.97 Å². The van der Waals surface area contributed by atoms with Crippen LogP contribution in [0.3, 0.4) is 0 Å². The molecule has 16 heavy (non-hydrogen) atoms. The molecule has 0 aliphatic heterocycles. The van der Waals surface area contributed by atoms with Crippen LogP contribution >= 0.6 is 0 Å². The summed E-state index contributed by atoms with van der Waals surface area (Å²) in [5.74, 6) is 0.819. The van der Waals surface area contributed by atoms with Crippen molar-refractivity contribution in [1.82, 2.24) is 9.97 Å². The van der Waals surface area contributed by atoms with Gasteiger partial charge in [0.15, 0.2) is 5.82 Å². The maximum Gasteiger partial charge on any atom is 0.160 e. The molecule has 0 saturated heterocycles. The van der Waals surface area contributed by atoms with Crippen LogP contribution in [0.1, 0.15) is 37.7 Å². The van der Waals surface area contributed by atoms with Gasteiger partial charge in [-0.1, -0.05) is 0 Å². The summed E-state index contributed by atoms with van der Waals surface area (Å²) in [6.45, 7) is 1.98. The Bertz CT molecular complexity index is 356. The van der Waals surface area contributed by atoms with Crippen molar-refractivity contribution in [3.8, 4) is 0 Å². The summed E-state index contributed by atoms with van der Waals surface area (Å²) < 4.78 is 5.56. The number of hydrogen-bond donors (Lipinski definition) is 1. The van der Waals surface area contributed by atoms with Gasteiger partial charge in [0.1, 0.15) is 5.60 Å². The Morgan fingerprint density at radius 1 is 1.56 bits per heavy atom. The van der Waals surface area contributed by atoms with Crippen molar-refractivity contribution in [3.05, 3.63) is 23.8 Å². The zero-order valence-corrected chi connectivity index (χ0v) is 9.94. The maximum absolute atomic E-state index is 5.77. The van der Waals surface area contributed by atoms with Gasteiger partial charge in [-0.3, -0.25) is 0 Å². The summed E-state index contributed by atoms with van der Waals surface area (Å²) in [7, 11) is 1.74. The zero-order valence-electron chi connectivity index (χ0n) is 9.94. The average Bonchev–Trinajstić information content (AvgIpc) is 2.16. The molecule has 0 amide bonds. The molecule has 4 nitrogen and oxygen atoms in total. The van der Waals surface area contributed by atoms with Gasteiger partial charge in [-0.2, -0.15) is 0 Å². The first-order chi connectivity index (χ1) is 7.66. The van der Waals surface area contributed by atoms with Gasteiger partial charge in [0.2, 0.25) is 0 Å². The van der Waals surface area contributed by atoms with Crippen molar-refractivity contribution in [2.75, 3.05) is 7.11 Å². The molecule has 0 radical (unpaired) electrons. The summed E-state index contributed by atoms with van der Waals surface area (Å²) in [6.07, 6.45) is 5.82. The Morgan fingerprint density at radius 2 is 2.31 bits per heavy atom. The van der Waals surface area contributed by atoms with Gasteiger partial charge < -0.3 is 10.5 Å². The molecule has 1 unspecified atom stereocenters. The molecule has 0 bridgehead atoms. The fourth-order valence-corrected chi connectivity index (χ4v) is 2.08. The minimum absolute atomic E-state index is 0.127.